The molecule has 1 aromatic rings. The smallest absolute Gasteiger partial charge is 0.0643 e. The molecule has 0 heterocycles. The van der Waals surface area contributed by atoms with Crippen molar-refractivity contribution in [2.24, 2.45) is 0 Å². The van der Waals surface area contributed by atoms with Crippen molar-refractivity contribution in [2.45, 2.75) is 45.7 Å². The molecule has 0 amide bonds. The molecule has 0 aromatic heterocycles. The number of nitrogens with one attached hydrogen (secondary N) is 1. The summed E-state index contributed by atoms with van der Waals surface area (Å²) in [5.41, 5.74) is 2.40. The van der Waals surface area contributed by atoms with Crippen molar-refractivity contribution in [3.63, 3.8) is 0 Å². The number of nitriles is 1. The minimum Gasteiger partial charge on any atom is -0.371 e. The second-order valence-corrected chi connectivity index (χ2v) is 6.06. The Hall–Kier alpha value is -1.05. The predicted octanol–water partition coefficient (Wildman–Crippen LogP) is 4.25. The number of nitrogens with zero attached hydrogens (tertiary/aromatic N) is 2. The highest BCUT2D eigenvalue weighted by Crippen LogP contribution is 2.29. The van der Waals surface area contributed by atoms with Gasteiger partial charge >= 0.3 is 0 Å². The van der Waals surface area contributed by atoms with E-state index in [9.17, 15) is 0 Å². The van der Waals surface area contributed by atoms with Crippen molar-refractivity contribution in [1.29, 1.82) is 5.26 Å². The fourth-order valence-electron chi connectivity index (χ4n) is 2.08. The lowest BCUT2D eigenvalue weighted by Crippen LogP contribution is -2.28. The standard InChI is InChI=1S/C16H24BrN3/c1-5-10-19-13(3)15-7-6-14(11-16(15)17)20(4)12(2)8-9-18/h6-7,11-13,19H,5,8,10H2,1-4H3. The number of hydrogen-bond acceptors (Lipinski definition) is 3. The number of hydrogen-bond donors (Lipinski definition) is 1. The zero-order valence-electron chi connectivity index (χ0n) is 12.8. The first-order valence-electron chi connectivity index (χ1n) is 7.13. The molecule has 0 spiro atoms. The van der Waals surface area contributed by atoms with Crippen LogP contribution in [0, 0.1) is 11.3 Å². The van der Waals surface area contributed by atoms with Crippen LogP contribution in [-0.2, 0) is 0 Å². The van der Waals surface area contributed by atoms with Gasteiger partial charge in [-0.25, -0.2) is 0 Å². The molecule has 3 nitrogen and oxygen atoms in total. The molecule has 0 fully saturated rings. The molecule has 2 unspecified atom stereocenters. The van der Waals surface area contributed by atoms with E-state index in [-0.39, 0.29) is 6.04 Å². The van der Waals surface area contributed by atoms with Gasteiger partial charge in [-0.2, -0.15) is 5.26 Å². The van der Waals surface area contributed by atoms with Gasteiger partial charge in [-0.05, 0) is 44.5 Å². The molecule has 2 atom stereocenters. The van der Waals surface area contributed by atoms with Crippen molar-refractivity contribution in [1.82, 2.24) is 5.32 Å². The first-order chi connectivity index (χ1) is 9.51. The highest BCUT2D eigenvalue weighted by atomic mass is 79.9. The first kappa shape index (κ1) is 17.0. The molecular formula is C16H24BrN3. The van der Waals surface area contributed by atoms with Crippen LogP contribution < -0.4 is 10.2 Å². The van der Waals surface area contributed by atoms with Gasteiger partial charge in [-0.15, -0.1) is 0 Å². The van der Waals surface area contributed by atoms with Gasteiger partial charge in [-0.1, -0.05) is 28.9 Å². The summed E-state index contributed by atoms with van der Waals surface area (Å²) in [6, 6.07) is 9.18. The lowest BCUT2D eigenvalue weighted by molar-refractivity contribution is 0.569. The van der Waals surface area contributed by atoms with E-state index < -0.39 is 0 Å². The van der Waals surface area contributed by atoms with E-state index in [1.165, 1.54) is 5.56 Å². The summed E-state index contributed by atoms with van der Waals surface area (Å²) in [6.07, 6.45) is 1.67. The van der Waals surface area contributed by atoms with E-state index in [2.05, 4.69) is 71.2 Å². The lowest BCUT2D eigenvalue weighted by atomic mass is 10.1. The number of rotatable bonds is 7. The zero-order valence-corrected chi connectivity index (χ0v) is 14.4. The zero-order chi connectivity index (χ0) is 15.1. The largest absolute Gasteiger partial charge is 0.371 e. The van der Waals surface area contributed by atoms with Gasteiger partial charge in [0.05, 0.1) is 12.5 Å². The highest BCUT2D eigenvalue weighted by Gasteiger charge is 2.13. The summed E-state index contributed by atoms with van der Waals surface area (Å²) in [7, 11) is 2.03. The molecule has 1 rings (SSSR count). The normalized spacial score (nSPS) is 13.6. The molecule has 20 heavy (non-hydrogen) atoms. The number of anilines is 1. The van der Waals surface area contributed by atoms with Crippen molar-refractivity contribution in [3.8, 4) is 6.07 Å². The van der Waals surface area contributed by atoms with Crippen LogP contribution in [0.4, 0.5) is 5.69 Å². The predicted molar refractivity (Wildman–Crippen MR) is 88.9 cm³/mol. The van der Waals surface area contributed by atoms with E-state index >= 15 is 0 Å². The van der Waals surface area contributed by atoms with Crippen LogP contribution in [0.15, 0.2) is 22.7 Å². The Kier molecular flexibility index (Phi) is 7.04. The fourth-order valence-corrected chi connectivity index (χ4v) is 2.79. The van der Waals surface area contributed by atoms with Crippen molar-refractivity contribution in [3.05, 3.63) is 28.2 Å². The third kappa shape index (κ3) is 4.50. The second-order valence-electron chi connectivity index (χ2n) is 5.20. The molecule has 1 N–H and O–H groups in total. The van der Waals surface area contributed by atoms with Gasteiger partial charge < -0.3 is 10.2 Å². The maximum atomic E-state index is 8.79. The van der Waals surface area contributed by atoms with Crippen LogP contribution in [-0.4, -0.2) is 19.6 Å². The lowest BCUT2D eigenvalue weighted by Gasteiger charge is -2.26. The van der Waals surface area contributed by atoms with Crippen molar-refractivity contribution in [2.75, 3.05) is 18.5 Å². The Morgan fingerprint density at radius 1 is 1.40 bits per heavy atom. The summed E-state index contributed by atoms with van der Waals surface area (Å²) in [4.78, 5) is 2.14. The molecule has 4 heteroatoms. The summed E-state index contributed by atoms with van der Waals surface area (Å²) in [5, 5.41) is 12.3. The van der Waals surface area contributed by atoms with Crippen LogP contribution in [0.3, 0.4) is 0 Å². The van der Waals surface area contributed by atoms with Gasteiger partial charge in [0.1, 0.15) is 0 Å². The molecular weight excluding hydrogens is 314 g/mol. The number of benzene rings is 1. The summed E-state index contributed by atoms with van der Waals surface area (Å²) in [5.74, 6) is 0. The highest BCUT2D eigenvalue weighted by molar-refractivity contribution is 9.10. The topological polar surface area (TPSA) is 39.1 Å². The number of halogens is 1. The summed E-state index contributed by atoms with van der Waals surface area (Å²) >= 11 is 3.66. The Morgan fingerprint density at radius 2 is 2.10 bits per heavy atom. The maximum absolute atomic E-state index is 8.79. The fraction of sp³-hybridized carbons (Fsp3) is 0.562. The Labute approximate surface area is 131 Å². The van der Waals surface area contributed by atoms with Gasteiger partial charge in [0.25, 0.3) is 0 Å². The van der Waals surface area contributed by atoms with Crippen LogP contribution in [0.2, 0.25) is 0 Å². The molecule has 0 saturated carbocycles. The minimum absolute atomic E-state index is 0.216. The summed E-state index contributed by atoms with van der Waals surface area (Å²) in [6.45, 7) is 7.44. The van der Waals surface area contributed by atoms with E-state index in [4.69, 9.17) is 5.26 Å². The van der Waals surface area contributed by atoms with Gasteiger partial charge in [0, 0.05) is 29.3 Å². The van der Waals surface area contributed by atoms with E-state index in [1.54, 1.807) is 0 Å². The van der Waals surface area contributed by atoms with Crippen molar-refractivity contribution >= 4 is 21.6 Å². The van der Waals surface area contributed by atoms with Crippen LogP contribution in [0.1, 0.15) is 45.2 Å². The first-order valence-corrected chi connectivity index (χ1v) is 7.93. The maximum Gasteiger partial charge on any atom is 0.0643 e. The van der Waals surface area contributed by atoms with Crippen LogP contribution >= 0.6 is 15.9 Å². The average molecular weight is 338 g/mol. The molecule has 0 aliphatic carbocycles. The Balaban J connectivity index is 2.85. The molecule has 1 aromatic carbocycles. The van der Waals surface area contributed by atoms with Gasteiger partial charge in [0.15, 0.2) is 0 Å². The van der Waals surface area contributed by atoms with Crippen molar-refractivity contribution < 1.29 is 0 Å². The van der Waals surface area contributed by atoms with E-state index in [1.807, 2.05) is 7.05 Å². The van der Waals surface area contributed by atoms with E-state index in [0.717, 1.165) is 23.1 Å². The van der Waals surface area contributed by atoms with Gasteiger partial charge in [0.2, 0.25) is 0 Å². The average Bonchev–Trinajstić information content (AvgIpc) is 2.44. The molecule has 0 aliphatic rings. The monoisotopic (exact) mass is 337 g/mol. The third-order valence-electron chi connectivity index (χ3n) is 3.61. The van der Waals surface area contributed by atoms with E-state index in [0.29, 0.717) is 12.5 Å². The summed E-state index contributed by atoms with van der Waals surface area (Å²) < 4.78 is 1.11. The molecule has 0 bridgehead atoms. The van der Waals surface area contributed by atoms with Gasteiger partial charge in [-0.3, -0.25) is 0 Å². The Morgan fingerprint density at radius 3 is 2.65 bits per heavy atom. The molecule has 0 saturated heterocycles. The SMILES string of the molecule is CCCNC(C)c1ccc(N(C)C(C)CC#N)cc1Br. The van der Waals surface area contributed by atoms with Crippen LogP contribution in [0.25, 0.3) is 0 Å². The molecule has 110 valence electrons. The minimum atomic E-state index is 0.216. The van der Waals surface area contributed by atoms with Crippen LogP contribution in [0.5, 0.6) is 0 Å². The molecule has 0 aliphatic heterocycles. The Bertz CT molecular complexity index is 467. The third-order valence-corrected chi connectivity index (χ3v) is 4.29. The quantitative estimate of drug-likeness (QED) is 0.808. The molecule has 0 radical (unpaired) electrons. The second kappa shape index (κ2) is 8.28.